The molecular weight excluding hydrogens is 220 g/mol. The molecule has 94 valence electrons. The van der Waals surface area contributed by atoms with Crippen molar-refractivity contribution in [3.05, 3.63) is 0 Å². The van der Waals surface area contributed by atoms with Crippen LogP contribution in [0.2, 0.25) is 0 Å². The zero-order chi connectivity index (χ0) is 12.2. The molecule has 0 spiro atoms. The number of amidine groups is 1. The van der Waals surface area contributed by atoms with E-state index < -0.39 is 0 Å². The highest BCUT2D eigenvalue weighted by atomic mass is 32.2. The second-order valence-electron chi connectivity index (χ2n) is 3.56. The van der Waals surface area contributed by atoms with E-state index in [9.17, 15) is 0 Å². The van der Waals surface area contributed by atoms with Crippen molar-refractivity contribution in [1.82, 2.24) is 10.3 Å². The monoisotopic (exact) mass is 244 g/mol. The Balaban J connectivity index is 0.000000288. The molecule has 1 saturated heterocycles. The Morgan fingerprint density at radius 2 is 2.06 bits per heavy atom. The minimum atomic E-state index is 0.833. The zero-order valence-electron chi connectivity index (χ0n) is 10.9. The van der Waals surface area contributed by atoms with Crippen molar-refractivity contribution >= 4 is 23.8 Å². The van der Waals surface area contributed by atoms with Gasteiger partial charge in [0.15, 0.2) is 0 Å². The fraction of sp³-hybridized carbons (Fsp3) is 0.818. The van der Waals surface area contributed by atoms with Crippen molar-refractivity contribution < 1.29 is 0 Å². The van der Waals surface area contributed by atoms with Gasteiger partial charge in [-0.05, 0) is 20.4 Å². The van der Waals surface area contributed by atoms with Gasteiger partial charge in [0.25, 0.3) is 0 Å². The highest BCUT2D eigenvalue weighted by Crippen LogP contribution is 2.05. The first-order chi connectivity index (χ1) is 7.70. The molecule has 0 unspecified atom stereocenters. The number of aliphatic imine (C=N–C) groups is 1. The first-order valence-corrected chi connectivity index (χ1v) is 6.83. The van der Waals surface area contributed by atoms with Crippen LogP contribution >= 0.6 is 11.8 Å². The Bertz CT molecular complexity index is 210. The van der Waals surface area contributed by atoms with Crippen LogP contribution in [0.15, 0.2) is 10.1 Å². The lowest BCUT2D eigenvalue weighted by molar-refractivity contribution is 0.372. The molecule has 0 aromatic carbocycles. The van der Waals surface area contributed by atoms with E-state index in [0.717, 1.165) is 12.3 Å². The van der Waals surface area contributed by atoms with Crippen molar-refractivity contribution in [3.63, 3.8) is 0 Å². The minimum Gasteiger partial charge on any atom is -0.305 e. The third-order valence-electron chi connectivity index (χ3n) is 2.07. The van der Waals surface area contributed by atoms with Crippen LogP contribution in [0.3, 0.4) is 0 Å². The molecule has 0 aliphatic carbocycles. The summed E-state index contributed by atoms with van der Waals surface area (Å²) in [6, 6.07) is 0. The second kappa shape index (κ2) is 11.0. The highest BCUT2D eigenvalue weighted by Gasteiger charge is 2.02. The molecule has 0 radical (unpaired) electrons. The predicted molar refractivity (Wildman–Crippen MR) is 75.8 cm³/mol. The average Bonchev–Trinajstić information content (AvgIpc) is 2.31. The van der Waals surface area contributed by atoms with E-state index in [4.69, 9.17) is 0 Å². The van der Waals surface area contributed by atoms with Gasteiger partial charge in [0.2, 0.25) is 0 Å². The molecule has 1 heterocycles. The maximum Gasteiger partial charge on any atom is 0.113 e. The molecule has 0 atom stereocenters. The van der Waals surface area contributed by atoms with E-state index in [1.54, 1.807) is 13.3 Å². The number of rotatable bonds is 2. The Kier molecular flexibility index (Phi) is 10.6. The van der Waals surface area contributed by atoms with Crippen molar-refractivity contribution in [3.8, 4) is 0 Å². The van der Waals surface area contributed by atoms with Crippen LogP contribution in [0.1, 0.15) is 20.3 Å². The molecule has 16 heavy (non-hydrogen) atoms. The fourth-order valence-electron chi connectivity index (χ4n) is 0.935. The van der Waals surface area contributed by atoms with Gasteiger partial charge in [0, 0.05) is 37.9 Å². The van der Waals surface area contributed by atoms with E-state index in [-0.39, 0.29) is 0 Å². The quantitative estimate of drug-likeness (QED) is 0.456. The van der Waals surface area contributed by atoms with Crippen LogP contribution in [0, 0.1) is 0 Å². The predicted octanol–water partition coefficient (Wildman–Crippen LogP) is 1.68. The van der Waals surface area contributed by atoms with Gasteiger partial charge in [0.1, 0.15) is 5.84 Å². The van der Waals surface area contributed by atoms with Crippen LogP contribution in [-0.2, 0) is 0 Å². The van der Waals surface area contributed by atoms with Crippen LogP contribution in [0.25, 0.3) is 0 Å². The first kappa shape index (κ1) is 15.4. The third-order valence-corrected chi connectivity index (χ3v) is 3.01. The summed E-state index contributed by atoms with van der Waals surface area (Å²) in [7, 11) is 3.91. The summed E-state index contributed by atoms with van der Waals surface area (Å²) in [5.41, 5.74) is 2.75. The topological polar surface area (TPSA) is 40.0 Å². The summed E-state index contributed by atoms with van der Waals surface area (Å²) < 4.78 is 0. The summed E-state index contributed by atoms with van der Waals surface area (Å²) >= 11 is 2.06. The molecule has 4 nitrogen and oxygen atoms in total. The van der Waals surface area contributed by atoms with Gasteiger partial charge in [-0.15, -0.1) is 0 Å². The first-order valence-electron chi connectivity index (χ1n) is 5.68. The smallest absolute Gasteiger partial charge is 0.113 e. The average molecular weight is 244 g/mol. The van der Waals surface area contributed by atoms with Crippen molar-refractivity contribution in [2.45, 2.75) is 20.3 Å². The van der Waals surface area contributed by atoms with Crippen molar-refractivity contribution in [2.24, 2.45) is 10.1 Å². The number of hydrazone groups is 1. The standard InChI is InChI=1S/C6H13N3.C5H11NS/c1-4-5-8-9-6(2)7-3;1-6-2-4-7-5-3-6/h5H,4H2,1-3H3,(H,7,9);2-5H2,1H3/b8-5-;. The maximum atomic E-state index is 3.85. The van der Waals surface area contributed by atoms with Gasteiger partial charge < -0.3 is 4.90 Å². The Morgan fingerprint density at radius 3 is 2.44 bits per heavy atom. The molecule has 1 aliphatic rings. The van der Waals surface area contributed by atoms with E-state index in [2.05, 4.69) is 39.2 Å². The van der Waals surface area contributed by atoms with Crippen LogP contribution < -0.4 is 5.43 Å². The molecule has 1 aliphatic heterocycles. The second-order valence-corrected chi connectivity index (χ2v) is 4.78. The summed E-state index contributed by atoms with van der Waals surface area (Å²) in [4.78, 5) is 6.22. The van der Waals surface area contributed by atoms with Crippen molar-refractivity contribution in [2.75, 3.05) is 38.7 Å². The van der Waals surface area contributed by atoms with Gasteiger partial charge >= 0.3 is 0 Å². The fourth-order valence-corrected chi connectivity index (χ4v) is 2.02. The molecule has 5 heteroatoms. The maximum absolute atomic E-state index is 3.85. The van der Waals surface area contributed by atoms with Gasteiger partial charge in [-0.25, -0.2) is 0 Å². The lowest BCUT2D eigenvalue weighted by Crippen LogP contribution is -2.28. The Morgan fingerprint density at radius 1 is 1.44 bits per heavy atom. The molecule has 0 aromatic heterocycles. The lowest BCUT2D eigenvalue weighted by Gasteiger charge is -2.20. The summed E-state index contributed by atoms with van der Waals surface area (Å²) in [6.07, 6.45) is 2.75. The van der Waals surface area contributed by atoms with Gasteiger partial charge in [-0.1, -0.05) is 6.92 Å². The van der Waals surface area contributed by atoms with Crippen LogP contribution in [0.4, 0.5) is 0 Å². The van der Waals surface area contributed by atoms with Gasteiger partial charge in [0.05, 0.1) is 0 Å². The number of thioether (sulfide) groups is 1. The Hall–Kier alpha value is -0.550. The van der Waals surface area contributed by atoms with Crippen LogP contribution in [-0.4, -0.2) is 55.6 Å². The zero-order valence-corrected chi connectivity index (χ0v) is 11.7. The van der Waals surface area contributed by atoms with Gasteiger partial charge in [-0.3, -0.25) is 10.4 Å². The van der Waals surface area contributed by atoms with Crippen LogP contribution in [0.5, 0.6) is 0 Å². The summed E-state index contributed by atoms with van der Waals surface area (Å²) in [6.45, 7) is 6.46. The molecule has 0 saturated carbocycles. The molecule has 1 fully saturated rings. The highest BCUT2D eigenvalue weighted by molar-refractivity contribution is 7.99. The number of nitrogens with one attached hydrogen (secondary N) is 1. The van der Waals surface area contributed by atoms with E-state index >= 15 is 0 Å². The number of hydrogen-bond acceptors (Lipinski definition) is 4. The largest absolute Gasteiger partial charge is 0.305 e. The molecule has 0 bridgehead atoms. The molecule has 0 amide bonds. The molecular formula is C11H24N4S. The molecule has 1 rings (SSSR count). The summed E-state index contributed by atoms with van der Waals surface area (Å²) in [5, 5.41) is 3.85. The third kappa shape index (κ3) is 9.98. The number of hydrogen-bond donors (Lipinski definition) is 1. The van der Waals surface area contributed by atoms with E-state index in [1.807, 2.05) is 13.8 Å². The molecule has 0 aromatic rings. The van der Waals surface area contributed by atoms with E-state index in [0.29, 0.717) is 0 Å². The minimum absolute atomic E-state index is 0.833. The molecule has 1 N–H and O–H groups in total. The number of nitrogens with zero attached hydrogens (tertiary/aromatic N) is 3. The summed E-state index contributed by atoms with van der Waals surface area (Å²) in [5.74, 6) is 3.49. The lowest BCUT2D eigenvalue weighted by atomic mass is 10.6. The van der Waals surface area contributed by atoms with E-state index in [1.165, 1.54) is 24.6 Å². The Labute approximate surface area is 104 Å². The van der Waals surface area contributed by atoms with Gasteiger partial charge in [-0.2, -0.15) is 16.9 Å². The van der Waals surface area contributed by atoms with Crippen molar-refractivity contribution in [1.29, 1.82) is 0 Å². The normalized spacial score (nSPS) is 18.1. The SMILES string of the molecule is CC/C=N\NC(C)=NC.CN1CCSCC1.